The van der Waals surface area contributed by atoms with E-state index < -0.39 is 11.9 Å². The molecule has 0 aromatic carbocycles. The van der Waals surface area contributed by atoms with Gasteiger partial charge in [0.2, 0.25) is 0 Å². The molecule has 0 saturated carbocycles. The topological polar surface area (TPSA) is 44.8 Å². The number of ketones is 1. The Balaban J connectivity index is 2.11. The molecular weight excluding hydrogens is 484 g/mol. The minimum Gasteiger partial charge on any atom is -0.370 e. The maximum Gasteiger partial charge on any atom is 0.187 e. The summed E-state index contributed by atoms with van der Waals surface area (Å²) < 4.78 is 18.0. The standard InChI is InChI=1S/C35H68O4/c1-4-6-8-10-12-14-16-17-18-20-22-24-26-28-30-39-35(3,34-37-31-33(36)32-38-34)29-27-25-23-21-19-15-13-11-9-7-5-2/h34H,4-32H2,1-3H3. The molecule has 0 amide bonds. The summed E-state index contributed by atoms with van der Waals surface area (Å²) in [7, 11) is 0. The molecule has 0 aromatic heterocycles. The second-order valence-corrected chi connectivity index (χ2v) is 12.5. The van der Waals surface area contributed by atoms with Gasteiger partial charge in [0.15, 0.2) is 12.1 Å². The zero-order valence-electron chi connectivity index (χ0n) is 26.7. The molecule has 232 valence electrons. The Bertz CT molecular complexity index is 527. The Labute approximate surface area is 244 Å². The average Bonchev–Trinajstić information content (AvgIpc) is 2.94. The van der Waals surface area contributed by atoms with E-state index in [1.165, 1.54) is 148 Å². The molecule has 1 atom stereocenters. The van der Waals surface area contributed by atoms with Crippen molar-refractivity contribution in [1.82, 2.24) is 0 Å². The lowest BCUT2D eigenvalue weighted by Gasteiger charge is -2.38. The van der Waals surface area contributed by atoms with Crippen LogP contribution in [0.3, 0.4) is 0 Å². The normalized spacial score (nSPS) is 16.1. The summed E-state index contributed by atoms with van der Waals surface area (Å²) in [6.07, 6.45) is 34.3. The summed E-state index contributed by atoms with van der Waals surface area (Å²) in [6, 6.07) is 0. The predicted molar refractivity (Wildman–Crippen MR) is 166 cm³/mol. The Morgan fingerprint density at radius 1 is 0.564 bits per heavy atom. The first-order valence-electron chi connectivity index (χ1n) is 17.5. The van der Waals surface area contributed by atoms with Crippen molar-refractivity contribution < 1.29 is 19.0 Å². The highest BCUT2D eigenvalue weighted by atomic mass is 16.7. The van der Waals surface area contributed by atoms with Crippen LogP contribution in [-0.4, -0.2) is 37.5 Å². The summed E-state index contributed by atoms with van der Waals surface area (Å²) in [6.45, 7) is 7.76. The van der Waals surface area contributed by atoms with E-state index in [4.69, 9.17) is 14.2 Å². The Hall–Kier alpha value is -0.450. The number of hydrogen-bond donors (Lipinski definition) is 0. The second kappa shape index (κ2) is 26.4. The van der Waals surface area contributed by atoms with Gasteiger partial charge in [0.25, 0.3) is 0 Å². The lowest BCUT2D eigenvalue weighted by atomic mass is 9.95. The van der Waals surface area contributed by atoms with Crippen LogP contribution in [0.1, 0.15) is 188 Å². The third-order valence-electron chi connectivity index (χ3n) is 8.50. The first kappa shape index (κ1) is 36.6. The van der Waals surface area contributed by atoms with Crippen molar-refractivity contribution in [2.24, 2.45) is 0 Å². The maximum atomic E-state index is 11.6. The molecule has 0 aromatic rings. The Kier molecular flexibility index (Phi) is 24.8. The first-order chi connectivity index (χ1) is 19.1. The van der Waals surface area contributed by atoms with E-state index in [2.05, 4.69) is 20.8 Å². The zero-order chi connectivity index (χ0) is 28.3. The molecule has 39 heavy (non-hydrogen) atoms. The second-order valence-electron chi connectivity index (χ2n) is 12.5. The van der Waals surface area contributed by atoms with Gasteiger partial charge in [-0.25, -0.2) is 0 Å². The molecule has 1 unspecified atom stereocenters. The average molecular weight is 553 g/mol. The summed E-state index contributed by atoms with van der Waals surface area (Å²) in [5.41, 5.74) is -0.462. The molecule has 0 N–H and O–H groups in total. The van der Waals surface area contributed by atoms with E-state index in [-0.39, 0.29) is 19.0 Å². The summed E-state index contributed by atoms with van der Waals surface area (Å²) in [5, 5.41) is 0. The van der Waals surface area contributed by atoms with Crippen molar-refractivity contribution in [3.8, 4) is 0 Å². The summed E-state index contributed by atoms with van der Waals surface area (Å²) in [5.74, 6) is 0.0234. The fourth-order valence-electron chi connectivity index (χ4n) is 5.78. The lowest BCUT2D eigenvalue weighted by molar-refractivity contribution is -0.262. The van der Waals surface area contributed by atoms with Gasteiger partial charge in [0.1, 0.15) is 18.8 Å². The van der Waals surface area contributed by atoms with Crippen molar-refractivity contribution >= 4 is 5.78 Å². The predicted octanol–water partition coefficient (Wildman–Crippen LogP) is 10.9. The fraction of sp³-hybridized carbons (Fsp3) is 0.971. The summed E-state index contributed by atoms with van der Waals surface area (Å²) in [4.78, 5) is 11.6. The molecule has 0 spiro atoms. The van der Waals surface area contributed by atoms with E-state index in [0.29, 0.717) is 0 Å². The minimum absolute atomic E-state index is 0.0234. The number of hydrogen-bond acceptors (Lipinski definition) is 4. The maximum absolute atomic E-state index is 11.6. The number of carbonyl (C=O) groups is 1. The highest BCUT2D eigenvalue weighted by molar-refractivity contribution is 5.81. The molecule has 4 heteroatoms. The largest absolute Gasteiger partial charge is 0.370 e. The quantitative estimate of drug-likeness (QED) is 0.0866. The number of Topliss-reactive ketones (excluding diaryl/α,β-unsaturated/α-hetero) is 1. The van der Waals surface area contributed by atoms with Crippen LogP contribution in [0.4, 0.5) is 0 Å². The molecule has 1 rings (SSSR count). The van der Waals surface area contributed by atoms with Crippen LogP contribution in [0.15, 0.2) is 0 Å². The molecule has 0 aliphatic carbocycles. The third kappa shape index (κ3) is 21.0. The van der Waals surface area contributed by atoms with Crippen LogP contribution in [0.25, 0.3) is 0 Å². The Morgan fingerprint density at radius 2 is 0.897 bits per heavy atom. The monoisotopic (exact) mass is 553 g/mol. The van der Waals surface area contributed by atoms with Crippen LogP contribution in [-0.2, 0) is 19.0 Å². The van der Waals surface area contributed by atoms with Gasteiger partial charge in [0, 0.05) is 6.61 Å². The minimum atomic E-state index is -0.462. The molecule has 1 aliphatic rings. The zero-order valence-corrected chi connectivity index (χ0v) is 26.7. The molecule has 0 bridgehead atoms. The third-order valence-corrected chi connectivity index (χ3v) is 8.50. The van der Waals surface area contributed by atoms with Gasteiger partial charge in [-0.15, -0.1) is 0 Å². The summed E-state index contributed by atoms with van der Waals surface area (Å²) >= 11 is 0. The lowest BCUT2D eigenvalue weighted by Crippen LogP contribution is -2.49. The fourth-order valence-corrected chi connectivity index (χ4v) is 5.78. The van der Waals surface area contributed by atoms with E-state index in [1.807, 2.05) is 0 Å². The van der Waals surface area contributed by atoms with Crippen molar-refractivity contribution in [3.63, 3.8) is 0 Å². The molecule has 1 fully saturated rings. The van der Waals surface area contributed by atoms with E-state index in [0.717, 1.165) is 25.9 Å². The van der Waals surface area contributed by atoms with Crippen molar-refractivity contribution in [3.05, 3.63) is 0 Å². The highest BCUT2D eigenvalue weighted by Crippen LogP contribution is 2.29. The van der Waals surface area contributed by atoms with Crippen molar-refractivity contribution in [1.29, 1.82) is 0 Å². The molecular formula is C35H68O4. The number of carbonyl (C=O) groups excluding carboxylic acids is 1. The van der Waals surface area contributed by atoms with Crippen LogP contribution < -0.4 is 0 Å². The van der Waals surface area contributed by atoms with E-state index in [9.17, 15) is 4.79 Å². The molecule has 1 saturated heterocycles. The smallest absolute Gasteiger partial charge is 0.187 e. The van der Waals surface area contributed by atoms with Gasteiger partial charge < -0.3 is 14.2 Å². The SMILES string of the molecule is CCCCCCCCCCCCCCCCOC(C)(CCCCCCCCCCCCC)C1OCC(=O)CO1. The van der Waals surface area contributed by atoms with Crippen molar-refractivity contribution in [2.45, 2.75) is 200 Å². The van der Waals surface area contributed by atoms with E-state index in [1.54, 1.807) is 0 Å². The van der Waals surface area contributed by atoms with E-state index >= 15 is 0 Å². The molecule has 1 heterocycles. The van der Waals surface area contributed by atoms with Gasteiger partial charge >= 0.3 is 0 Å². The van der Waals surface area contributed by atoms with Gasteiger partial charge in [-0.3, -0.25) is 4.79 Å². The Morgan fingerprint density at radius 3 is 1.28 bits per heavy atom. The van der Waals surface area contributed by atoms with Crippen LogP contribution in [0.2, 0.25) is 0 Å². The number of ether oxygens (including phenoxy) is 3. The van der Waals surface area contributed by atoms with Crippen molar-refractivity contribution in [2.75, 3.05) is 19.8 Å². The van der Waals surface area contributed by atoms with Gasteiger partial charge in [-0.1, -0.05) is 168 Å². The first-order valence-corrected chi connectivity index (χ1v) is 17.5. The van der Waals surface area contributed by atoms with Gasteiger partial charge in [0.05, 0.1) is 0 Å². The molecule has 0 radical (unpaired) electrons. The van der Waals surface area contributed by atoms with Crippen LogP contribution in [0, 0.1) is 0 Å². The van der Waals surface area contributed by atoms with Gasteiger partial charge in [-0.2, -0.15) is 0 Å². The number of unbranched alkanes of at least 4 members (excludes halogenated alkanes) is 23. The molecule has 1 aliphatic heterocycles. The molecule has 4 nitrogen and oxygen atoms in total. The van der Waals surface area contributed by atoms with Crippen LogP contribution in [0.5, 0.6) is 0 Å². The number of rotatable bonds is 29. The highest BCUT2D eigenvalue weighted by Gasteiger charge is 2.39. The van der Waals surface area contributed by atoms with Crippen LogP contribution >= 0.6 is 0 Å². The van der Waals surface area contributed by atoms with Gasteiger partial charge in [-0.05, 0) is 19.8 Å².